The number of rotatable bonds is 5. The number of H-pyrrole nitrogens is 1. The first-order valence-corrected chi connectivity index (χ1v) is 9.12. The molecule has 126 valence electrons. The lowest BCUT2D eigenvalue weighted by Crippen LogP contribution is -2.06. The Kier molecular flexibility index (Phi) is 4.21. The number of benzene rings is 1. The number of nitrogens with one attached hydrogen (secondary N) is 2. The molecule has 0 aliphatic heterocycles. The zero-order valence-electron chi connectivity index (χ0n) is 13.8. The van der Waals surface area contributed by atoms with Gasteiger partial charge in [-0.1, -0.05) is 6.07 Å². The Balaban J connectivity index is 1.84. The first-order chi connectivity index (χ1) is 12.3. The van der Waals surface area contributed by atoms with Crippen LogP contribution in [-0.2, 0) is 17.5 Å². The van der Waals surface area contributed by atoms with Gasteiger partial charge in [0.25, 0.3) is 0 Å². The minimum absolute atomic E-state index is 0.679. The molecule has 0 aliphatic rings. The molecule has 0 radical (unpaired) electrons. The van der Waals surface area contributed by atoms with Crippen LogP contribution in [0.15, 0.2) is 72.1 Å². The Labute approximate surface area is 148 Å². The van der Waals surface area contributed by atoms with Crippen LogP contribution in [0.25, 0.3) is 22.2 Å². The second-order valence-corrected chi connectivity index (χ2v) is 7.17. The van der Waals surface area contributed by atoms with E-state index in [0.29, 0.717) is 4.90 Å². The molecule has 3 heterocycles. The van der Waals surface area contributed by atoms with E-state index >= 15 is 0 Å². The van der Waals surface area contributed by atoms with Crippen molar-refractivity contribution in [3.8, 4) is 11.3 Å². The number of hydrogen-bond acceptors (Lipinski definition) is 3. The summed E-state index contributed by atoms with van der Waals surface area (Å²) < 4.78 is 14.9. The van der Waals surface area contributed by atoms with E-state index in [1.54, 1.807) is 18.5 Å². The highest BCUT2D eigenvalue weighted by atomic mass is 32.2. The summed E-state index contributed by atoms with van der Waals surface area (Å²) in [7, 11) is 0.557. The van der Waals surface area contributed by atoms with E-state index in [1.165, 1.54) is 0 Å². The molecule has 0 bridgehead atoms. The minimum atomic E-state index is -1.35. The van der Waals surface area contributed by atoms with Gasteiger partial charge in [0.1, 0.15) is 0 Å². The van der Waals surface area contributed by atoms with Gasteiger partial charge in [-0.3, -0.25) is 8.96 Å². The topological polar surface area (TPSA) is 62.7 Å². The van der Waals surface area contributed by atoms with Gasteiger partial charge in [0.2, 0.25) is 0 Å². The minimum Gasteiger partial charge on any atom is -0.361 e. The third-order valence-electron chi connectivity index (χ3n) is 4.09. The molecule has 0 saturated carbocycles. The Morgan fingerprint density at radius 3 is 2.96 bits per heavy atom. The molecule has 25 heavy (non-hydrogen) atoms. The predicted molar refractivity (Wildman–Crippen MR) is 101 cm³/mol. The van der Waals surface area contributed by atoms with Crippen LogP contribution >= 0.6 is 0 Å². The molecule has 1 aromatic carbocycles. The van der Waals surface area contributed by atoms with Crippen LogP contribution in [-0.4, -0.2) is 25.2 Å². The summed E-state index contributed by atoms with van der Waals surface area (Å²) in [5.41, 5.74) is 4.14. The average molecular weight is 350 g/mol. The zero-order valence-corrected chi connectivity index (χ0v) is 14.6. The fourth-order valence-electron chi connectivity index (χ4n) is 2.92. The van der Waals surface area contributed by atoms with Crippen molar-refractivity contribution in [2.75, 3.05) is 7.05 Å². The van der Waals surface area contributed by atoms with Crippen molar-refractivity contribution in [3.05, 3.63) is 72.8 Å². The smallest absolute Gasteiger partial charge is 0.158 e. The van der Waals surface area contributed by atoms with Gasteiger partial charge in [-0.2, -0.15) is 0 Å². The lowest BCUT2D eigenvalue weighted by molar-refractivity contribution is 0.677. The Bertz CT molecular complexity index is 1040. The average Bonchev–Trinajstić information content (AvgIpc) is 3.28. The van der Waals surface area contributed by atoms with E-state index in [2.05, 4.69) is 27.4 Å². The fourth-order valence-corrected chi connectivity index (χ4v) is 4.06. The van der Waals surface area contributed by atoms with Crippen LogP contribution in [0, 0.1) is 0 Å². The fraction of sp³-hybridized carbons (Fsp3) is 0.105. The van der Waals surface area contributed by atoms with Gasteiger partial charge >= 0.3 is 0 Å². The Hall–Kier alpha value is -2.70. The van der Waals surface area contributed by atoms with Gasteiger partial charge < -0.3 is 10.3 Å². The van der Waals surface area contributed by atoms with E-state index in [-0.39, 0.29) is 0 Å². The van der Waals surface area contributed by atoms with Crippen LogP contribution in [0.2, 0.25) is 0 Å². The molecule has 6 heteroatoms. The molecule has 0 aliphatic carbocycles. The highest BCUT2D eigenvalue weighted by Crippen LogP contribution is 2.28. The summed E-state index contributed by atoms with van der Waals surface area (Å²) in [5.74, 6) is 0. The molecular weight excluding hydrogens is 332 g/mol. The molecule has 3 aromatic heterocycles. The summed E-state index contributed by atoms with van der Waals surface area (Å²) in [6.07, 6.45) is 7.19. The molecule has 4 aromatic rings. The molecule has 1 unspecified atom stereocenters. The summed E-state index contributed by atoms with van der Waals surface area (Å²) in [6, 6.07) is 14.0. The summed E-state index contributed by atoms with van der Waals surface area (Å²) in [6.45, 7) is 0.719. The van der Waals surface area contributed by atoms with Crippen LogP contribution in [0.5, 0.6) is 0 Å². The van der Waals surface area contributed by atoms with Crippen LogP contribution < -0.4 is 5.32 Å². The normalized spacial score (nSPS) is 12.5. The number of hydrogen-bond donors (Lipinski definition) is 2. The zero-order chi connectivity index (χ0) is 17.2. The summed E-state index contributed by atoms with van der Waals surface area (Å²) in [5, 5.41) is 4.28. The molecular formula is C19H18N4OS. The molecule has 1 atom stereocenters. The predicted octanol–water partition coefficient (Wildman–Crippen LogP) is 3.32. The second-order valence-electron chi connectivity index (χ2n) is 5.81. The van der Waals surface area contributed by atoms with Crippen LogP contribution in [0.1, 0.15) is 5.56 Å². The van der Waals surface area contributed by atoms with Gasteiger partial charge in [0.15, 0.2) is 11.0 Å². The third kappa shape index (κ3) is 3.01. The van der Waals surface area contributed by atoms with E-state index in [4.69, 9.17) is 0 Å². The highest BCUT2D eigenvalue weighted by Gasteiger charge is 2.15. The van der Waals surface area contributed by atoms with Gasteiger partial charge in [-0.25, -0.2) is 4.21 Å². The van der Waals surface area contributed by atoms with Crippen molar-refractivity contribution in [1.82, 2.24) is 19.3 Å². The van der Waals surface area contributed by atoms with Crippen molar-refractivity contribution in [1.29, 1.82) is 0 Å². The van der Waals surface area contributed by atoms with Crippen molar-refractivity contribution < 1.29 is 4.21 Å². The Morgan fingerprint density at radius 1 is 1.24 bits per heavy atom. The van der Waals surface area contributed by atoms with Crippen molar-refractivity contribution in [3.63, 3.8) is 0 Å². The van der Waals surface area contributed by atoms with Gasteiger partial charge in [0, 0.05) is 42.2 Å². The molecule has 0 saturated heterocycles. The van der Waals surface area contributed by atoms with Crippen LogP contribution in [0.4, 0.5) is 0 Å². The van der Waals surface area contributed by atoms with Crippen molar-refractivity contribution in [2.24, 2.45) is 0 Å². The summed E-state index contributed by atoms with van der Waals surface area (Å²) in [4.78, 5) is 7.97. The molecule has 0 amide bonds. The Morgan fingerprint density at radius 2 is 2.16 bits per heavy atom. The first-order valence-electron chi connectivity index (χ1n) is 8.02. The number of nitrogens with zero attached hydrogens (tertiary/aromatic N) is 2. The summed E-state index contributed by atoms with van der Waals surface area (Å²) >= 11 is 0. The largest absolute Gasteiger partial charge is 0.361 e. The second kappa shape index (κ2) is 6.66. The molecule has 2 N–H and O–H groups in total. The maximum absolute atomic E-state index is 13.1. The lowest BCUT2D eigenvalue weighted by Gasteiger charge is -2.09. The van der Waals surface area contributed by atoms with Crippen molar-refractivity contribution in [2.45, 2.75) is 11.4 Å². The maximum atomic E-state index is 13.1. The number of pyridine rings is 1. The number of fused-ring (bicyclic) bond motifs is 1. The highest BCUT2D eigenvalue weighted by molar-refractivity contribution is 7.83. The van der Waals surface area contributed by atoms with E-state index in [1.807, 2.05) is 47.7 Å². The third-order valence-corrected chi connectivity index (χ3v) is 5.39. The van der Waals surface area contributed by atoms with E-state index in [0.717, 1.165) is 34.3 Å². The molecule has 4 rings (SSSR count). The number of aromatic amines is 1. The van der Waals surface area contributed by atoms with E-state index < -0.39 is 11.0 Å². The molecule has 0 spiro atoms. The van der Waals surface area contributed by atoms with Gasteiger partial charge in [-0.15, -0.1) is 0 Å². The van der Waals surface area contributed by atoms with Crippen LogP contribution in [0.3, 0.4) is 0 Å². The monoisotopic (exact) mass is 350 g/mol. The van der Waals surface area contributed by atoms with E-state index in [9.17, 15) is 4.21 Å². The standard InChI is InChI=1S/C19H18N4OS/c1-20-11-14-9-19(16-4-5-18-15(10-16)6-8-22-18)23(13-14)25(24)17-3-2-7-21-12-17/h2-10,12-13,20,22H,11H2,1H3. The van der Waals surface area contributed by atoms with Gasteiger partial charge in [-0.05, 0) is 54.6 Å². The number of aromatic nitrogens is 3. The lowest BCUT2D eigenvalue weighted by atomic mass is 10.1. The molecule has 0 fully saturated rings. The first kappa shape index (κ1) is 15.8. The quantitative estimate of drug-likeness (QED) is 0.580. The SMILES string of the molecule is CNCc1cc(-c2ccc3[nH]ccc3c2)n(S(=O)c2cccnc2)c1. The van der Waals surface area contributed by atoms with Crippen molar-refractivity contribution >= 4 is 21.9 Å². The molecule has 5 nitrogen and oxygen atoms in total. The maximum Gasteiger partial charge on any atom is 0.158 e. The van der Waals surface area contributed by atoms with Gasteiger partial charge in [0.05, 0.1) is 10.6 Å².